The van der Waals surface area contributed by atoms with Crippen LogP contribution in [-0.4, -0.2) is 18.5 Å². The van der Waals surface area contributed by atoms with Crippen molar-refractivity contribution in [3.05, 3.63) is 0 Å². The van der Waals surface area contributed by atoms with Gasteiger partial charge in [0, 0.05) is 18.5 Å². The van der Waals surface area contributed by atoms with Gasteiger partial charge in [-0.15, -0.1) is 0 Å². The minimum Gasteiger partial charge on any atom is -0.356 e. The maximum atomic E-state index is 12.1. The Bertz CT molecular complexity index is 267. The predicted molar refractivity (Wildman–Crippen MR) is 69.4 cm³/mol. The molecule has 0 aromatic carbocycles. The highest BCUT2D eigenvalue weighted by molar-refractivity contribution is 5.79. The van der Waals surface area contributed by atoms with Crippen LogP contribution in [0.1, 0.15) is 51.9 Å². The zero-order chi connectivity index (χ0) is 12.3. The minimum absolute atomic E-state index is 0.259. The summed E-state index contributed by atoms with van der Waals surface area (Å²) in [5, 5.41) is 3.14. The molecule has 0 heterocycles. The Hall–Kier alpha value is -0.570. The van der Waals surface area contributed by atoms with Gasteiger partial charge < -0.3 is 11.1 Å². The Balaban J connectivity index is 1.75. The van der Waals surface area contributed by atoms with Gasteiger partial charge >= 0.3 is 0 Å². The summed E-state index contributed by atoms with van der Waals surface area (Å²) in [6.45, 7) is 2.99. The van der Waals surface area contributed by atoms with Gasteiger partial charge in [0.25, 0.3) is 0 Å². The average molecular weight is 238 g/mol. The smallest absolute Gasteiger partial charge is 0.223 e. The maximum absolute atomic E-state index is 12.1. The minimum atomic E-state index is 0.259. The molecule has 2 rings (SSSR count). The van der Waals surface area contributed by atoms with E-state index >= 15 is 0 Å². The van der Waals surface area contributed by atoms with Crippen LogP contribution in [0, 0.1) is 17.8 Å². The largest absolute Gasteiger partial charge is 0.356 e. The second kappa shape index (κ2) is 5.85. The maximum Gasteiger partial charge on any atom is 0.223 e. The lowest BCUT2D eigenvalue weighted by Gasteiger charge is -2.29. The van der Waals surface area contributed by atoms with E-state index in [0.717, 1.165) is 19.4 Å². The molecule has 0 aromatic heterocycles. The number of amides is 1. The molecular weight excluding hydrogens is 212 g/mol. The molecule has 0 saturated heterocycles. The first-order valence-corrected chi connectivity index (χ1v) is 7.21. The first kappa shape index (κ1) is 12.9. The second-order valence-electron chi connectivity index (χ2n) is 5.97. The van der Waals surface area contributed by atoms with Gasteiger partial charge in [0.2, 0.25) is 5.91 Å². The highest BCUT2D eigenvalue weighted by atomic mass is 16.1. The zero-order valence-corrected chi connectivity index (χ0v) is 11.0. The van der Waals surface area contributed by atoms with E-state index in [1.54, 1.807) is 0 Å². The predicted octanol–water partition coefficient (Wildman–Crippen LogP) is 2.06. The molecule has 0 bridgehead atoms. The molecule has 2 aliphatic rings. The third-order valence-electron chi connectivity index (χ3n) is 4.70. The van der Waals surface area contributed by atoms with Crippen molar-refractivity contribution in [2.45, 2.75) is 57.9 Å². The summed E-state index contributed by atoms with van der Waals surface area (Å²) in [5.41, 5.74) is 6.09. The molecule has 2 aliphatic carbocycles. The van der Waals surface area contributed by atoms with Crippen LogP contribution in [0.3, 0.4) is 0 Å². The monoisotopic (exact) mass is 238 g/mol. The van der Waals surface area contributed by atoms with Crippen LogP contribution >= 0.6 is 0 Å². The van der Waals surface area contributed by atoms with Crippen LogP contribution in [-0.2, 0) is 4.79 Å². The Kier molecular flexibility index (Phi) is 4.43. The molecule has 1 amide bonds. The molecule has 0 spiro atoms. The van der Waals surface area contributed by atoms with Crippen LogP contribution in [0.5, 0.6) is 0 Å². The molecule has 3 heteroatoms. The van der Waals surface area contributed by atoms with Crippen LogP contribution in [0.2, 0.25) is 0 Å². The first-order valence-electron chi connectivity index (χ1n) is 7.21. The Morgan fingerprint density at radius 2 is 1.94 bits per heavy atom. The van der Waals surface area contributed by atoms with Crippen molar-refractivity contribution in [3.63, 3.8) is 0 Å². The summed E-state index contributed by atoms with van der Waals surface area (Å²) in [4.78, 5) is 12.1. The molecule has 4 atom stereocenters. The van der Waals surface area contributed by atoms with Gasteiger partial charge in [0.15, 0.2) is 0 Å². The van der Waals surface area contributed by atoms with Gasteiger partial charge in [-0.05, 0) is 37.5 Å². The van der Waals surface area contributed by atoms with E-state index in [4.69, 9.17) is 5.73 Å². The van der Waals surface area contributed by atoms with Crippen molar-refractivity contribution in [1.82, 2.24) is 5.32 Å². The number of carbonyl (C=O) groups is 1. The van der Waals surface area contributed by atoms with Gasteiger partial charge in [-0.3, -0.25) is 4.79 Å². The fourth-order valence-corrected chi connectivity index (χ4v) is 3.39. The molecule has 0 radical (unpaired) electrons. The fraction of sp³-hybridized carbons (Fsp3) is 0.929. The summed E-state index contributed by atoms with van der Waals surface area (Å²) < 4.78 is 0. The SMILES string of the molecule is CC1CCCC1C(=O)NCC1CCCCC1N. The van der Waals surface area contributed by atoms with Gasteiger partial charge in [-0.2, -0.15) is 0 Å². The van der Waals surface area contributed by atoms with E-state index < -0.39 is 0 Å². The van der Waals surface area contributed by atoms with Crippen molar-refractivity contribution in [3.8, 4) is 0 Å². The lowest BCUT2D eigenvalue weighted by molar-refractivity contribution is -0.126. The van der Waals surface area contributed by atoms with Gasteiger partial charge in [0.1, 0.15) is 0 Å². The topological polar surface area (TPSA) is 55.1 Å². The number of nitrogens with one attached hydrogen (secondary N) is 1. The lowest BCUT2D eigenvalue weighted by atomic mass is 9.85. The van der Waals surface area contributed by atoms with Gasteiger partial charge in [-0.25, -0.2) is 0 Å². The van der Waals surface area contributed by atoms with E-state index in [1.807, 2.05) is 0 Å². The van der Waals surface area contributed by atoms with Gasteiger partial charge in [0.05, 0.1) is 0 Å². The van der Waals surface area contributed by atoms with Crippen molar-refractivity contribution >= 4 is 5.91 Å². The fourth-order valence-electron chi connectivity index (χ4n) is 3.39. The molecule has 3 N–H and O–H groups in total. The average Bonchev–Trinajstić information content (AvgIpc) is 2.74. The molecule has 0 aromatic rings. The Morgan fingerprint density at radius 1 is 1.18 bits per heavy atom. The summed E-state index contributed by atoms with van der Waals surface area (Å²) in [6.07, 6.45) is 8.33. The van der Waals surface area contributed by atoms with Crippen LogP contribution in [0.4, 0.5) is 0 Å². The molecule has 2 saturated carbocycles. The Morgan fingerprint density at radius 3 is 2.59 bits per heavy atom. The van der Waals surface area contributed by atoms with Crippen molar-refractivity contribution in [2.75, 3.05) is 6.54 Å². The van der Waals surface area contributed by atoms with Crippen LogP contribution in [0.15, 0.2) is 0 Å². The molecular formula is C14H26N2O. The van der Waals surface area contributed by atoms with E-state index in [2.05, 4.69) is 12.2 Å². The van der Waals surface area contributed by atoms with E-state index in [1.165, 1.54) is 32.1 Å². The van der Waals surface area contributed by atoms with Crippen LogP contribution in [0.25, 0.3) is 0 Å². The molecule has 4 unspecified atom stereocenters. The summed E-state index contributed by atoms with van der Waals surface area (Å²) in [5.74, 6) is 1.60. The number of hydrogen-bond acceptors (Lipinski definition) is 2. The lowest BCUT2D eigenvalue weighted by Crippen LogP contribution is -2.42. The van der Waals surface area contributed by atoms with E-state index in [-0.39, 0.29) is 11.8 Å². The number of carbonyl (C=O) groups excluding carboxylic acids is 1. The highest BCUT2D eigenvalue weighted by Gasteiger charge is 2.30. The zero-order valence-electron chi connectivity index (χ0n) is 11.0. The second-order valence-corrected chi connectivity index (χ2v) is 5.97. The molecule has 0 aliphatic heterocycles. The molecule has 98 valence electrons. The van der Waals surface area contributed by atoms with Crippen LogP contribution < -0.4 is 11.1 Å². The first-order chi connectivity index (χ1) is 8.18. The van der Waals surface area contributed by atoms with Crippen molar-refractivity contribution < 1.29 is 4.79 Å². The highest BCUT2D eigenvalue weighted by Crippen LogP contribution is 2.31. The number of nitrogens with two attached hydrogens (primary N) is 1. The summed E-state index contributed by atoms with van der Waals surface area (Å²) >= 11 is 0. The molecule has 17 heavy (non-hydrogen) atoms. The summed E-state index contributed by atoms with van der Waals surface area (Å²) in [7, 11) is 0. The normalized spacial score (nSPS) is 38.0. The van der Waals surface area contributed by atoms with Crippen molar-refractivity contribution in [1.29, 1.82) is 0 Å². The molecule has 3 nitrogen and oxygen atoms in total. The van der Waals surface area contributed by atoms with E-state index in [0.29, 0.717) is 17.9 Å². The van der Waals surface area contributed by atoms with E-state index in [9.17, 15) is 4.79 Å². The number of rotatable bonds is 3. The van der Waals surface area contributed by atoms with Gasteiger partial charge in [-0.1, -0.05) is 26.2 Å². The third-order valence-corrected chi connectivity index (χ3v) is 4.70. The van der Waals surface area contributed by atoms with Crippen molar-refractivity contribution in [2.24, 2.45) is 23.5 Å². The standard InChI is InChI=1S/C14H26N2O/c1-10-5-4-7-12(10)14(17)16-9-11-6-2-3-8-13(11)15/h10-13H,2-9,15H2,1H3,(H,16,17). The Labute approximate surface area is 105 Å². The molecule has 2 fully saturated rings. The quantitative estimate of drug-likeness (QED) is 0.790. The number of hydrogen-bond donors (Lipinski definition) is 2. The third kappa shape index (κ3) is 3.21. The summed E-state index contributed by atoms with van der Waals surface area (Å²) in [6, 6.07) is 0.296.